The maximum Gasteiger partial charge on any atom is 0.0454 e. The van der Waals surface area contributed by atoms with Gasteiger partial charge in [-0.2, -0.15) is 0 Å². The van der Waals surface area contributed by atoms with Crippen molar-refractivity contribution in [1.29, 1.82) is 0 Å². The average Bonchev–Trinajstić information content (AvgIpc) is 2.48. The van der Waals surface area contributed by atoms with Gasteiger partial charge in [0.05, 0.1) is 0 Å². The maximum absolute atomic E-state index is 6.34. The molecule has 3 heteroatoms. The second kappa shape index (κ2) is 7.84. The van der Waals surface area contributed by atoms with Crippen LogP contribution in [-0.2, 0) is 6.42 Å². The summed E-state index contributed by atoms with van der Waals surface area (Å²) in [6.07, 6.45) is 2.02. The zero-order valence-corrected chi connectivity index (χ0v) is 14.0. The smallest absolute Gasteiger partial charge is 0.0454 e. The van der Waals surface area contributed by atoms with Gasteiger partial charge in [0.25, 0.3) is 0 Å². The standard InChI is InChI=1S/C18H21Cl2N/c1-3-21-18(16-12-15(19)9-10-17(16)20)11-8-14-7-5-4-6-13(14)2/h4-7,9-10,12,18,21H,3,8,11H2,1-2H3. The Morgan fingerprint density at radius 3 is 2.57 bits per heavy atom. The van der Waals surface area contributed by atoms with Crippen LogP contribution in [0.15, 0.2) is 42.5 Å². The topological polar surface area (TPSA) is 12.0 Å². The lowest BCUT2D eigenvalue weighted by molar-refractivity contribution is 0.515. The molecular weight excluding hydrogens is 301 g/mol. The first-order chi connectivity index (χ1) is 10.1. The molecule has 0 bridgehead atoms. The number of nitrogens with one attached hydrogen (secondary N) is 1. The summed E-state index contributed by atoms with van der Waals surface area (Å²) < 4.78 is 0. The van der Waals surface area contributed by atoms with Crippen molar-refractivity contribution >= 4 is 23.2 Å². The molecule has 2 aromatic rings. The van der Waals surface area contributed by atoms with E-state index in [1.165, 1.54) is 11.1 Å². The van der Waals surface area contributed by atoms with Crippen LogP contribution in [0.1, 0.15) is 36.1 Å². The summed E-state index contributed by atoms with van der Waals surface area (Å²) in [6.45, 7) is 5.17. The maximum atomic E-state index is 6.34. The Balaban J connectivity index is 2.16. The van der Waals surface area contributed by atoms with Crippen LogP contribution in [0.5, 0.6) is 0 Å². The third-order valence-electron chi connectivity index (χ3n) is 3.75. The van der Waals surface area contributed by atoms with Gasteiger partial charge in [0.15, 0.2) is 0 Å². The minimum absolute atomic E-state index is 0.223. The van der Waals surface area contributed by atoms with E-state index < -0.39 is 0 Å². The average molecular weight is 322 g/mol. The summed E-state index contributed by atoms with van der Waals surface area (Å²) >= 11 is 12.5. The molecule has 0 amide bonds. The van der Waals surface area contributed by atoms with E-state index in [0.717, 1.165) is 35.0 Å². The first kappa shape index (κ1) is 16.4. The van der Waals surface area contributed by atoms with E-state index in [1.807, 2.05) is 18.2 Å². The Bertz CT molecular complexity index is 596. The number of benzene rings is 2. The van der Waals surface area contributed by atoms with E-state index in [0.29, 0.717) is 0 Å². The lowest BCUT2D eigenvalue weighted by Gasteiger charge is -2.20. The van der Waals surface area contributed by atoms with Gasteiger partial charge in [-0.15, -0.1) is 0 Å². The fourth-order valence-electron chi connectivity index (χ4n) is 2.59. The number of hydrogen-bond donors (Lipinski definition) is 1. The highest BCUT2D eigenvalue weighted by molar-refractivity contribution is 6.33. The Hall–Kier alpha value is -1.02. The fourth-order valence-corrected chi connectivity index (χ4v) is 3.02. The Kier molecular flexibility index (Phi) is 6.10. The molecule has 0 saturated heterocycles. The van der Waals surface area contributed by atoms with Crippen molar-refractivity contribution in [2.24, 2.45) is 0 Å². The number of halogens is 2. The van der Waals surface area contributed by atoms with Gasteiger partial charge in [-0.05, 0) is 61.2 Å². The molecule has 1 unspecified atom stereocenters. The van der Waals surface area contributed by atoms with Gasteiger partial charge in [-0.1, -0.05) is 54.4 Å². The van der Waals surface area contributed by atoms with Crippen molar-refractivity contribution in [1.82, 2.24) is 5.32 Å². The van der Waals surface area contributed by atoms with Crippen molar-refractivity contribution in [2.45, 2.75) is 32.7 Å². The van der Waals surface area contributed by atoms with Gasteiger partial charge in [0.1, 0.15) is 0 Å². The molecule has 0 aromatic heterocycles. The summed E-state index contributed by atoms with van der Waals surface area (Å²) in [5.41, 5.74) is 3.81. The molecule has 21 heavy (non-hydrogen) atoms. The fraction of sp³-hybridized carbons (Fsp3) is 0.333. The molecule has 0 aliphatic rings. The van der Waals surface area contributed by atoms with Gasteiger partial charge in [-0.25, -0.2) is 0 Å². The summed E-state index contributed by atoms with van der Waals surface area (Å²) in [6, 6.07) is 14.4. The van der Waals surface area contributed by atoms with E-state index in [2.05, 4.69) is 43.4 Å². The van der Waals surface area contributed by atoms with Gasteiger partial charge in [0, 0.05) is 16.1 Å². The Morgan fingerprint density at radius 2 is 1.86 bits per heavy atom. The van der Waals surface area contributed by atoms with Crippen LogP contribution in [0.2, 0.25) is 10.0 Å². The van der Waals surface area contributed by atoms with Crippen LogP contribution < -0.4 is 5.32 Å². The van der Waals surface area contributed by atoms with E-state index in [9.17, 15) is 0 Å². The molecule has 1 atom stereocenters. The van der Waals surface area contributed by atoms with Crippen molar-refractivity contribution in [3.8, 4) is 0 Å². The molecule has 1 N–H and O–H groups in total. The van der Waals surface area contributed by atoms with Crippen molar-refractivity contribution in [3.63, 3.8) is 0 Å². The highest BCUT2D eigenvalue weighted by atomic mass is 35.5. The minimum Gasteiger partial charge on any atom is -0.310 e. The van der Waals surface area contributed by atoms with Crippen molar-refractivity contribution in [2.75, 3.05) is 6.54 Å². The Labute approximate surface area is 137 Å². The largest absolute Gasteiger partial charge is 0.310 e. The summed E-state index contributed by atoms with van der Waals surface area (Å²) in [7, 11) is 0. The molecule has 2 aromatic carbocycles. The zero-order valence-electron chi connectivity index (χ0n) is 12.5. The highest BCUT2D eigenvalue weighted by Crippen LogP contribution is 2.29. The van der Waals surface area contributed by atoms with Crippen LogP contribution in [-0.4, -0.2) is 6.54 Å². The van der Waals surface area contributed by atoms with Crippen LogP contribution in [0, 0.1) is 6.92 Å². The second-order valence-corrected chi connectivity index (χ2v) is 6.08. The predicted molar refractivity (Wildman–Crippen MR) is 92.4 cm³/mol. The van der Waals surface area contributed by atoms with E-state index in [4.69, 9.17) is 23.2 Å². The van der Waals surface area contributed by atoms with Gasteiger partial charge in [0.2, 0.25) is 0 Å². The molecule has 0 aliphatic heterocycles. The molecule has 2 rings (SSSR count). The molecule has 0 radical (unpaired) electrons. The number of hydrogen-bond acceptors (Lipinski definition) is 1. The third-order valence-corrected chi connectivity index (χ3v) is 4.33. The van der Waals surface area contributed by atoms with Gasteiger partial charge < -0.3 is 5.32 Å². The van der Waals surface area contributed by atoms with Gasteiger partial charge >= 0.3 is 0 Å². The van der Waals surface area contributed by atoms with Crippen molar-refractivity contribution in [3.05, 3.63) is 69.2 Å². The van der Waals surface area contributed by atoms with Gasteiger partial charge in [-0.3, -0.25) is 0 Å². The quantitative estimate of drug-likeness (QED) is 0.731. The van der Waals surface area contributed by atoms with Crippen LogP contribution >= 0.6 is 23.2 Å². The van der Waals surface area contributed by atoms with E-state index >= 15 is 0 Å². The predicted octanol–water partition coefficient (Wildman–Crippen LogP) is 5.59. The molecule has 0 aliphatic carbocycles. The zero-order chi connectivity index (χ0) is 15.2. The second-order valence-electron chi connectivity index (χ2n) is 5.24. The summed E-state index contributed by atoms with van der Waals surface area (Å²) in [5.74, 6) is 0. The highest BCUT2D eigenvalue weighted by Gasteiger charge is 2.14. The third kappa shape index (κ3) is 4.47. The van der Waals surface area contributed by atoms with Crippen LogP contribution in [0.25, 0.3) is 0 Å². The van der Waals surface area contributed by atoms with E-state index in [-0.39, 0.29) is 6.04 Å². The minimum atomic E-state index is 0.223. The first-order valence-corrected chi connectivity index (χ1v) is 8.10. The number of aryl methyl sites for hydroxylation is 2. The van der Waals surface area contributed by atoms with Crippen molar-refractivity contribution < 1.29 is 0 Å². The molecule has 1 nitrogen and oxygen atoms in total. The monoisotopic (exact) mass is 321 g/mol. The molecule has 0 spiro atoms. The molecule has 112 valence electrons. The molecular formula is C18H21Cl2N. The molecule has 0 saturated carbocycles. The first-order valence-electron chi connectivity index (χ1n) is 7.34. The van der Waals surface area contributed by atoms with E-state index in [1.54, 1.807) is 0 Å². The lowest BCUT2D eigenvalue weighted by atomic mass is 9.96. The van der Waals surface area contributed by atoms with Crippen LogP contribution in [0.4, 0.5) is 0 Å². The lowest BCUT2D eigenvalue weighted by Crippen LogP contribution is -2.22. The SMILES string of the molecule is CCNC(CCc1ccccc1C)c1cc(Cl)ccc1Cl. The summed E-state index contributed by atoms with van der Waals surface area (Å²) in [4.78, 5) is 0. The van der Waals surface area contributed by atoms with Crippen LogP contribution in [0.3, 0.4) is 0 Å². The Morgan fingerprint density at radius 1 is 1.10 bits per heavy atom. The summed E-state index contributed by atoms with van der Waals surface area (Å²) in [5, 5.41) is 5.02. The number of rotatable bonds is 6. The molecule has 0 heterocycles. The molecule has 0 fully saturated rings. The normalized spacial score (nSPS) is 12.4.